The normalized spacial score (nSPS) is 21.5. The van der Waals surface area contributed by atoms with Crippen molar-refractivity contribution >= 4 is 16.6 Å². The number of likely N-dealkylation sites (tertiary alicyclic amines) is 1. The third-order valence-electron chi connectivity index (χ3n) is 5.99. The highest BCUT2D eigenvalue weighted by molar-refractivity contribution is 5.98. The molecule has 126 valence electrons. The molecule has 1 aliphatic heterocycles. The first-order valence-corrected chi connectivity index (χ1v) is 9.48. The molecular weight excluding hydrogens is 294 g/mol. The van der Waals surface area contributed by atoms with Gasteiger partial charge in [0.15, 0.2) is 0 Å². The quantitative estimate of drug-likeness (QED) is 0.804. The molecule has 0 bridgehead atoms. The summed E-state index contributed by atoms with van der Waals surface area (Å²) in [5, 5.41) is 2.62. The number of nitrogens with zero attached hydrogens (tertiary/aromatic N) is 1. The van der Waals surface area contributed by atoms with E-state index in [-0.39, 0.29) is 5.92 Å². The number of carbonyl (C=O) groups is 1. The van der Waals surface area contributed by atoms with Crippen molar-refractivity contribution in [2.75, 3.05) is 19.6 Å². The van der Waals surface area contributed by atoms with E-state index in [9.17, 15) is 4.79 Å². The second-order valence-corrected chi connectivity index (χ2v) is 7.71. The second kappa shape index (κ2) is 6.68. The van der Waals surface area contributed by atoms with Crippen LogP contribution in [0.5, 0.6) is 0 Å². The van der Waals surface area contributed by atoms with Crippen molar-refractivity contribution in [3.8, 4) is 0 Å². The van der Waals surface area contributed by atoms with Crippen LogP contribution in [0.3, 0.4) is 0 Å². The predicted molar refractivity (Wildman–Crippen MR) is 99.5 cm³/mol. The van der Waals surface area contributed by atoms with Gasteiger partial charge in [-0.1, -0.05) is 43.3 Å². The summed E-state index contributed by atoms with van der Waals surface area (Å²) < 4.78 is 0. The average molecular weight is 321 g/mol. The molecule has 2 aliphatic rings. The number of carbonyl (C=O) groups excluding carboxylic acids is 1. The van der Waals surface area contributed by atoms with E-state index in [1.54, 1.807) is 0 Å². The largest absolute Gasteiger partial charge is 0.303 e. The zero-order chi connectivity index (χ0) is 16.5. The van der Waals surface area contributed by atoms with Crippen LogP contribution in [-0.2, 0) is 11.2 Å². The van der Waals surface area contributed by atoms with Crippen LogP contribution in [0.25, 0.3) is 10.8 Å². The third kappa shape index (κ3) is 3.00. The molecule has 2 nitrogen and oxygen atoms in total. The van der Waals surface area contributed by atoms with Gasteiger partial charge in [0.05, 0.1) is 0 Å². The van der Waals surface area contributed by atoms with Gasteiger partial charge >= 0.3 is 0 Å². The minimum Gasteiger partial charge on any atom is -0.303 e. The molecule has 0 amide bonds. The van der Waals surface area contributed by atoms with Crippen LogP contribution in [0.1, 0.15) is 49.7 Å². The van der Waals surface area contributed by atoms with E-state index < -0.39 is 0 Å². The zero-order valence-corrected chi connectivity index (χ0v) is 14.6. The summed E-state index contributed by atoms with van der Waals surface area (Å²) in [6.45, 7) is 5.86. The Morgan fingerprint density at radius 3 is 2.67 bits per heavy atom. The second-order valence-electron chi connectivity index (χ2n) is 7.71. The summed E-state index contributed by atoms with van der Waals surface area (Å²) in [6, 6.07) is 12.9. The van der Waals surface area contributed by atoms with Crippen molar-refractivity contribution < 1.29 is 4.79 Å². The number of hydrogen-bond donors (Lipinski definition) is 0. The Balaban J connectivity index is 1.37. The van der Waals surface area contributed by atoms with Gasteiger partial charge in [-0.25, -0.2) is 0 Å². The molecule has 0 radical (unpaired) electrons. The van der Waals surface area contributed by atoms with Crippen LogP contribution < -0.4 is 0 Å². The monoisotopic (exact) mass is 321 g/mol. The number of Topliss-reactive ketones (excluding diaryl/α,β-unsaturated/α-hetero) is 1. The molecule has 0 N–H and O–H groups in total. The van der Waals surface area contributed by atoms with Gasteiger partial charge in [0.25, 0.3) is 0 Å². The number of benzene rings is 2. The summed E-state index contributed by atoms with van der Waals surface area (Å²) in [5.74, 6) is 1.40. The molecule has 24 heavy (non-hydrogen) atoms. The van der Waals surface area contributed by atoms with Crippen LogP contribution in [-0.4, -0.2) is 30.3 Å². The van der Waals surface area contributed by atoms with Gasteiger partial charge in [0.2, 0.25) is 0 Å². The fourth-order valence-corrected chi connectivity index (χ4v) is 4.46. The topological polar surface area (TPSA) is 20.3 Å². The zero-order valence-electron chi connectivity index (χ0n) is 14.6. The molecule has 1 fully saturated rings. The highest BCUT2D eigenvalue weighted by Crippen LogP contribution is 2.39. The molecule has 0 spiro atoms. The number of piperidine rings is 1. The van der Waals surface area contributed by atoms with Crippen molar-refractivity contribution in [2.45, 2.75) is 44.9 Å². The van der Waals surface area contributed by atoms with Crippen LogP contribution in [0.4, 0.5) is 0 Å². The van der Waals surface area contributed by atoms with Crippen LogP contribution in [0.15, 0.2) is 36.4 Å². The summed E-state index contributed by atoms with van der Waals surface area (Å²) in [4.78, 5) is 15.4. The lowest BCUT2D eigenvalue weighted by atomic mass is 9.92. The lowest BCUT2D eigenvalue weighted by Gasteiger charge is -2.30. The fourth-order valence-electron chi connectivity index (χ4n) is 4.46. The van der Waals surface area contributed by atoms with E-state index in [1.807, 2.05) is 0 Å². The van der Waals surface area contributed by atoms with Gasteiger partial charge in [-0.2, -0.15) is 0 Å². The number of rotatable bonds is 5. The van der Waals surface area contributed by atoms with Gasteiger partial charge in [-0.05, 0) is 73.1 Å². The fraction of sp³-hybridized carbons (Fsp3) is 0.500. The van der Waals surface area contributed by atoms with Crippen LogP contribution >= 0.6 is 0 Å². The van der Waals surface area contributed by atoms with Crippen molar-refractivity contribution in [2.24, 2.45) is 5.92 Å². The molecule has 2 heteroatoms. The maximum Gasteiger partial charge on any atom is 0.140 e. The Hall–Kier alpha value is -1.67. The first-order chi connectivity index (χ1) is 11.7. The van der Waals surface area contributed by atoms with Gasteiger partial charge < -0.3 is 4.90 Å². The van der Waals surface area contributed by atoms with Gasteiger partial charge in [-0.3, -0.25) is 4.79 Å². The van der Waals surface area contributed by atoms with Crippen molar-refractivity contribution in [3.05, 3.63) is 47.5 Å². The Morgan fingerprint density at radius 1 is 1.12 bits per heavy atom. The van der Waals surface area contributed by atoms with E-state index in [0.29, 0.717) is 5.78 Å². The minimum absolute atomic E-state index is 0.0903. The molecule has 1 saturated heterocycles. The SMILES string of the molecule is CC1CCN(CCCC(=O)C2Cc3cccc4cccc2c34)CC1. The van der Waals surface area contributed by atoms with Gasteiger partial charge in [0.1, 0.15) is 5.78 Å². The van der Waals surface area contributed by atoms with Gasteiger partial charge in [0, 0.05) is 12.3 Å². The Kier molecular flexibility index (Phi) is 4.41. The maximum absolute atomic E-state index is 12.8. The maximum atomic E-state index is 12.8. The lowest BCUT2D eigenvalue weighted by molar-refractivity contribution is -0.120. The molecule has 1 atom stereocenters. The summed E-state index contributed by atoms with van der Waals surface area (Å²) >= 11 is 0. The first-order valence-electron chi connectivity index (χ1n) is 9.48. The minimum atomic E-state index is 0.0903. The molecular formula is C22H27NO. The van der Waals surface area contributed by atoms with Crippen LogP contribution in [0, 0.1) is 5.92 Å². The molecule has 1 heterocycles. The van der Waals surface area contributed by atoms with Crippen molar-refractivity contribution in [3.63, 3.8) is 0 Å². The summed E-state index contributed by atoms with van der Waals surface area (Å²) in [7, 11) is 0. The Bertz CT molecular complexity index is 737. The Morgan fingerprint density at radius 2 is 1.88 bits per heavy atom. The molecule has 0 aromatic heterocycles. The average Bonchev–Trinajstić information content (AvgIpc) is 2.98. The standard InChI is InChI=1S/C22H27NO/c1-16-10-13-23(14-11-16)12-4-9-21(24)20-15-18-7-2-5-17-6-3-8-19(20)22(17)18/h2-3,5-8,16,20H,4,9-15H2,1H3. The molecule has 4 rings (SSSR count). The predicted octanol–water partition coefficient (Wildman–Crippen LogP) is 4.56. The van der Waals surface area contributed by atoms with Crippen LogP contribution in [0.2, 0.25) is 0 Å². The van der Waals surface area contributed by atoms with Crippen molar-refractivity contribution in [1.29, 1.82) is 0 Å². The molecule has 1 unspecified atom stereocenters. The summed E-state index contributed by atoms with van der Waals surface area (Å²) in [6.07, 6.45) is 5.26. The molecule has 0 saturated carbocycles. The van der Waals surface area contributed by atoms with E-state index in [1.165, 1.54) is 47.8 Å². The van der Waals surface area contributed by atoms with E-state index in [0.717, 1.165) is 31.7 Å². The van der Waals surface area contributed by atoms with E-state index >= 15 is 0 Å². The number of ketones is 1. The first kappa shape index (κ1) is 15.8. The smallest absolute Gasteiger partial charge is 0.140 e. The van der Waals surface area contributed by atoms with Crippen molar-refractivity contribution in [1.82, 2.24) is 4.90 Å². The molecule has 2 aromatic rings. The lowest BCUT2D eigenvalue weighted by Crippen LogP contribution is -2.33. The highest BCUT2D eigenvalue weighted by Gasteiger charge is 2.29. The number of hydrogen-bond acceptors (Lipinski definition) is 2. The molecule has 1 aliphatic carbocycles. The highest BCUT2D eigenvalue weighted by atomic mass is 16.1. The molecule has 2 aromatic carbocycles. The van der Waals surface area contributed by atoms with E-state index in [2.05, 4.69) is 48.2 Å². The summed E-state index contributed by atoms with van der Waals surface area (Å²) in [5.41, 5.74) is 2.62. The van der Waals surface area contributed by atoms with E-state index in [4.69, 9.17) is 0 Å². The Labute approximate surface area is 144 Å². The third-order valence-corrected chi connectivity index (χ3v) is 5.99. The van der Waals surface area contributed by atoms with Gasteiger partial charge in [-0.15, -0.1) is 0 Å².